The first-order valence-electron chi connectivity index (χ1n) is 6.24. The summed E-state index contributed by atoms with van der Waals surface area (Å²) in [4.78, 5) is 13.4. The number of carboxylic acids is 1. The van der Waals surface area contributed by atoms with Gasteiger partial charge in [-0.25, -0.2) is 0 Å². The summed E-state index contributed by atoms with van der Waals surface area (Å²) >= 11 is 0. The highest BCUT2D eigenvalue weighted by atomic mass is 16.4. The van der Waals surface area contributed by atoms with E-state index in [2.05, 4.69) is 24.1 Å². The van der Waals surface area contributed by atoms with E-state index in [4.69, 9.17) is 5.11 Å². The van der Waals surface area contributed by atoms with Gasteiger partial charge in [-0.2, -0.15) is 0 Å². The Bertz CT molecular complexity index is 233. The summed E-state index contributed by atoms with van der Waals surface area (Å²) in [5.74, 6) is 0.0131. The number of likely N-dealkylation sites (N-methyl/N-ethyl adjacent to an activating group) is 1. The second-order valence-electron chi connectivity index (χ2n) is 4.92. The third kappa shape index (κ3) is 3.76. The molecule has 16 heavy (non-hydrogen) atoms. The lowest BCUT2D eigenvalue weighted by atomic mass is 10.1. The molecule has 3 unspecified atom stereocenters. The third-order valence-corrected chi connectivity index (χ3v) is 3.37. The highest BCUT2D eigenvalue weighted by molar-refractivity contribution is 5.73. The zero-order valence-electron chi connectivity index (χ0n) is 10.6. The Morgan fingerprint density at radius 1 is 1.56 bits per heavy atom. The summed E-state index contributed by atoms with van der Waals surface area (Å²) in [6.07, 6.45) is 1.93. The van der Waals surface area contributed by atoms with Gasteiger partial charge in [0, 0.05) is 19.1 Å². The Morgan fingerprint density at radius 2 is 2.25 bits per heavy atom. The predicted molar refractivity (Wildman–Crippen MR) is 64.5 cm³/mol. The lowest BCUT2D eigenvalue weighted by Crippen LogP contribution is -2.40. The molecule has 1 fully saturated rings. The number of hydrogen-bond acceptors (Lipinski definition) is 3. The molecule has 1 aliphatic heterocycles. The molecule has 2 N–H and O–H groups in total. The smallest absolute Gasteiger partial charge is 0.320 e. The lowest BCUT2D eigenvalue weighted by molar-refractivity contribution is -0.139. The van der Waals surface area contributed by atoms with Crippen LogP contribution in [0.5, 0.6) is 0 Å². The Morgan fingerprint density at radius 3 is 2.69 bits per heavy atom. The molecular weight excluding hydrogens is 204 g/mol. The van der Waals surface area contributed by atoms with Gasteiger partial charge in [0.05, 0.1) is 0 Å². The van der Waals surface area contributed by atoms with E-state index in [0.717, 1.165) is 19.0 Å². The van der Waals surface area contributed by atoms with E-state index in [-0.39, 0.29) is 0 Å². The van der Waals surface area contributed by atoms with Crippen molar-refractivity contribution in [3.8, 4) is 0 Å². The molecule has 4 heteroatoms. The molecule has 94 valence electrons. The summed E-state index contributed by atoms with van der Waals surface area (Å²) < 4.78 is 0. The normalized spacial score (nSPS) is 28.2. The molecule has 0 aromatic heterocycles. The number of hydrogen-bond donors (Lipinski definition) is 2. The van der Waals surface area contributed by atoms with Crippen LogP contribution in [-0.4, -0.2) is 47.7 Å². The number of aliphatic carboxylic acids is 1. The van der Waals surface area contributed by atoms with Crippen LogP contribution in [0.25, 0.3) is 0 Å². The van der Waals surface area contributed by atoms with Crippen LogP contribution >= 0.6 is 0 Å². The largest absolute Gasteiger partial charge is 0.480 e. The van der Waals surface area contributed by atoms with E-state index in [1.807, 2.05) is 6.92 Å². The average Bonchev–Trinajstić information content (AvgIpc) is 2.51. The first-order valence-corrected chi connectivity index (χ1v) is 6.24. The monoisotopic (exact) mass is 228 g/mol. The summed E-state index contributed by atoms with van der Waals surface area (Å²) in [6.45, 7) is 9.14. The molecule has 4 nitrogen and oxygen atoms in total. The van der Waals surface area contributed by atoms with Gasteiger partial charge in [0.1, 0.15) is 6.04 Å². The quantitative estimate of drug-likeness (QED) is 0.716. The van der Waals surface area contributed by atoms with E-state index < -0.39 is 12.0 Å². The van der Waals surface area contributed by atoms with Crippen LogP contribution in [0.1, 0.15) is 33.6 Å². The van der Waals surface area contributed by atoms with Crippen molar-refractivity contribution in [2.24, 2.45) is 5.92 Å². The fourth-order valence-electron chi connectivity index (χ4n) is 2.55. The number of nitrogens with zero attached hydrogens (tertiary/aromatic N) is 1. The Hall–Kier alpha value is -0.610. The minimum Gasteiger partial charge on any atom is -0.480 e. The highest BCUT2D eigenvalue weighted by Gasteiger charge is 2.27. The van der Waals surface area contributed by atoms with Gasteiger partial charge < -0.3 is 15.3 Å². The molecule has 0 aliphatic carbocycles. The molecule has 3 atom stereocenters. The van der Waals surface area contributed by atoms with Crippen LogP contribution < -0.4 is 5.32 Å². The number of likely N-dealkylation sites (tertiary alicyclic amines) is 1. The summed E-state index contributed by atoms with van der Waals surface area (Å²) in [5.41, 5.74) is 0. The van der Waals surface area contributed by atoms with Gasteiger partial charge in [0.25, 0.3) is 0 Å². The van der Waals surface area contributed by atoms with Crippen molar-refractivity contribution in [1.82, 2.24) is 10.2 Å². The van der Waals surface area contributed by atoms with Crippen molar-refractivity contribution in [3.63, 3.8) is 0 Å². The van der Waals surface area contributed by atoms with Crippen molar-refractivity contribution in [3.05, 3.63) is 0 Å². The fraction of sp³-hybridized carbons (Fsp3) is 0.917. The van der Waals surface area contributed by atoms with Crippen LogP contribution in [0.3, 0.4) is 0 Å². The van der Waals surface area contributed by atoms with Crippen molar-refractivity contribution >= 4 is 5.97 Å². The van der Waals surface area contributed by atoms with Crippen LogP contribution in [0.4, 0.5) is 0 Å². The molecule has 0 aromatic carbocycles. The van der Waals surface area contributed by atoms with Crippen LogP contribution in [0.2, 0.25) is 0 Å². The van der Waals surface area contributed by atoms with Gasteiger partial charge in [0.2, 0.25) is 0 Å². The van der Waals surface area contributed by atoms with E-state index in [9.17, 15) is 4.79 Å². The maximum absolute atomic E-state index is 11.0. The predicted octanol–water partition coefficient (Wildman–Crippen LogP) is 1.17. The average molecular weight is 228 g/mol. The fourth-order valence-corrected chi connectivity index (χ4v) is 2.55. The standard InChI is InChI=1S/C12H24N2O2/c1-4-13-11(12(15)16)5-6-14-8-9(2)7-10(14)3/h9-11,13H,4-8H2,1-3H3,(H,15,16). The van der Waals surface area contributed by atoms with Gasteiger partial charge in [-0.15, -0.1) is 0 Å². The van der Waals surface area contributed by atoms with Crippen molar-refractivity contribution < 1.29 is 9.90 Å². The number of rotatable bonds is 6. The Balaban J connectivity index is 2.34. The van der Waals surface area contributed by atoms with Gasteiger partial charge in [0.15, 0.2) is 0 Å². The molecule has 0 bridgehead atoms. The van der Waals surface area contributed by atoms with Crippen molar-refractivity contribution in [1.29, 1.82) is 0 Å². The minimum atomic E-state index is -0.734. The topological polar surface area (TPSA) is 52.6 Å². The molecule has 0 aromatic rings. The second kappa shape index (κ2) is 6.21. The Labute approximate surface area is 98.0 Å². The van der Waals surface area contributed by atoms with E-state index in [1.54, 1.807) is 0 Å². The molecule has 0 radical (unpaired) electrons. The summed E-state index contributed by atoms with van der Waals surface area (Å²) in [7, 11) is 0. The summed E-state index contributed by atoms with van der Waals surface area (Å²) in [6, 6.07) is 0.208. The van der Waals surface area contributed by atoms with Crippen molar-refractivity contribution in [2.75, 3.05) is 19.6 Å². The van der Waals surface area contributed by atoms with Crippen LogP contribution in [0, 0.1) is 5.92 Å². The van der Waals surface area contributed by atoms with Gasteiger partial charge in [-0.3, -0.25) is 4.79 Å². The zero-order valence-corrected chi connectivity index (χ0v) is 10.6. The van der Waals surface area contributed by atoms with Crippen LogP contribution in [0.15, 0.2) is 0 Å². The maximum atomic E-state index is 11.0. The molecule has 1 rings (SSSR count). The molecule has 1 heterocycles. The molecule has 1 saturated heterocycles. The number of carboxylic acid groups (broad SMARTS) is 1. The summed E-state index contributed by atoms with van der Waals surface area (Å²) in [5, 5.41) is 12.0. The molecule has 0 saturated carbocycles. The first-order chi connectivity index (χ1) is 7.54. The van der Waals surface area contributed by atoms with E-state index >= 15 is 0 Å². The van der Waals surface area contributed by atoms with Gasteiger partial charge in [-0.05, 0) is 32.2 Å². The van der Waals surface area contributed by atoms with Crippen molar-refractivity contribution in [2.45, 2.75) is 45.7 Å². The maximum Gasteiger partial charge on any atom is 0.320 e. The second-order valence-corrected chi connectivity index (χ2v) is 4.92. The minimum absolute atomic E-state index is 0.395. The van der Waals surface area contributed by atoms with Gasteiger partial charge >= 0.3 is 5.97 Å². The molecule has 1 aliphatic rings. The number of nitrogens with one attached hydrogen (secondary N) is 1. The van der Waals surface area contributed by atoms with Crippen LogP contribution in [-0.2, 0) is 4.79 Å². The SMILES string of the molecule is CCNC(CCN1CC(C)CC1C)C(=O)O. The van der Waals surface area contributed by atoms with E-state index in [1.165, 1.54) is 6.42 Å². The third-order valence-electron chi connectivity index (χ3n) is 3.37. The molecule has 0 amide bonds. The van der Waals surface area contributed by atoms with E-state index in [0.29, 0.717) is 19.0 Å². The lowest BCUT2D eigenvalue weighted by Gasteiger charge is -2.23. The highest BCUT2D eigenvalue weighted by Crippen LogP contribution is 2.22. The van der Waals surface area contributed by atoms with Gasteiger partial charge in [-0.1, -0.05) is 13.8 Å². The molecular formula is C12H24N2O2. The Kier molecular flexibility index (Phi) is 5.22. The molecule has 0 spiro atoms. The number of carbonyl (C=O) groups is 1. The zero-order chi connectivity index (χ0) is 12.1. The first kappa shape index (κ1) is 13.5.